The number of nitro groups is 1. The number of nitrogens with zero attached hydrogens (tertiary/aromatic N) is 4. The third kappa shape index (κ3) is 22.4. The Labute approximate surface area is 514 Å². The second-order valence-electron chi connectivity index (χ2n) is 22.4. The molecule has 3 aliphatic rings. The van der Waals surface area contributed by atoms with Crippen molar-refractivity contribution in [1.82, 2.24) is 9.80 Å². The Kier molecular flexibility index (Phi) is 26.2. The van der Waals surface area contributed by atoms with Crippen molar-refractivity contribution in [3.05, 3.63) is 213 Å². The third-order valence-electron chi connectivity index (χ3n) is 13.4. The summed E-state index contributed by atoms with van der Waals surface area (Å²) >= 11 is 0. The van der Waals surface area contributed by atoms with Crippen molar-refractivity contribution < 1.29 is 71.7 Å². The first-order chi connectivity index (χ1) is 41.2. The summed E-state index contributed by atoms with van der Waals surface area (Å²) < 4.78 is 35.9. The largest absolute Gasteiger partial charge is 0.519 e. The number of benzene rings is 6. The summed E-state index contributed by atoms with van der Waals surface area (Å²) in [5.41, 5.74) is 5.10. The van der Waals surface area contributed by atoms with E-state index >= 15 is 0 Å². The lowest BCUT2D eigenvalue weighted by Crippen LogP contribution is -2.41. The number of ether oxygens (including phenoxy) is 7. The van der Waals surface area contributed by atoms with Crippen LogP contribution in [0.5, 0.6) is 11.5 Å². The standard InChI is InChI=1S/C29H28N2O5.C27H26N2O6.C10H18O5.2CH4/c32-28(31-24(20-35-29(31)33)17-21-7-3-1-4-8-21)18-26(27-15-16-36-30-27)23-11-13-25(14-12-23)34-19-22-9-5-2-6-10-22;30-26(29-24(19-35-27(29)31)15-20-7-3-1-4-8-20)16-23(17-28(32)33)22-11-13-25(14-12-22)34-18-21-9-5-2-6-10-21;1-9(2,3)14-7(11)13-8(12)15-10(4,5)6;;/h1-14,24,26H,15-20H2;1-14,23-24H,15-19H2;1-6H3;2*1H4/t24-,26-;23-,24+;;;/m01.../s1. The summed E-state index contributed by atoms with van der Waals surface area (Å²) in [5, 5.41) is 15.5. The second-order valence-corrected chi connectivity index (χ2v) is 22.4. The fourth-order valence-corrected chi connectivity index (χ4v) is 9.37. The predicted octanol–water partition coefficient (Wildman–Crippen LogP) is 13.9. The van der Waals surface area contributed by atoms with Gasteiger partial charge in [0.1, 0.15) is 55.7 Å². The minimum absolute atomic E-state index is 0. The Balaban J connectivity index is 0.000000257. The molecule has 2 fully saturated rings. The molecule has 0 aromatic heterocycles. The zero-order valence-electron chi connectivity index (χ0n) is 49.1. The van der Waals surface area contributed by atoms with Crippen LogP contribution in [0.25, 0.3) is 0 Å². The topological polar surface area (TPSA) is 238 Å². The number of amides is 4. The number of hydrogen-bond donors (Lipinski definition) is 0. The van der Waals surface area contributed by atoms with E-state index in [-0.39, 0.29) is 58.8 Å². The van der Waals surface area contributed by atoms with Gasteiger partial charge < -0.3 is 38.0 Å². The molecule has 20 nitrogen and oxygen atoms in total. The Morgan fingerprint density at radius 2 is 0.955 bits per heavy atom. The van der Waals surface area contributed by atoms with E-state index in [1.54, 1.807) is 65.8 Å². The Bertz CT molecular complexity index is 3200. The van der Waals surface area contributed by atoms with Gasteiger partial charge in [0.15, 0.2) is 0 Å². The molecule has 0 aliphatic carbocycles. The molecule has 2 saturated heterocycles. The zero-order valence-corrected chi connectivity index (χ0v) is 49.1. The fraction of sp³-hybridized carbons (Fsp3) is 0.368. The molecule has 0 N–H and O–H groups in total. The van der Waals surface area contributed by atoms with E-state index in [1.807, 2.05) is 146 Å². The lowest BCUT2D eigenvalue weighted by molar-refractivity contribution is -0.483. The molecule has 88 heavy (non-hydrogen) atoms. The van der Waals surface area contributed by atoms with E-state index in [0.717, 1.165) is 44.2 Å². The lowest BCUT2D eigenvalue weighted by Gasteiger charge is -2.23. The van der Waals surface area contributed by atoms with Gasteiger partial charge in [0.2, 0.25) is 18.4 Å². The molecule has 4 atom stereocenters. The number of rotatable bonds is 19. The van der Waals surface area contributed by atoms with E-state index in [0.29, 0.717) is 50.4 Å². The highest BCUT2D eigenvalue weighted by atomic mass is 16.8. The molecule has 20 heteroatoms. The molecular formula is C68H80N4O16. The van der Waals surface area contributed by atoms with E-state index in [4.69, 9.17) is 33.3 Å². The summed E-state index contributed by atoms with van der Waals surface area (Å²) in [7, 11) is 0. The maximum Gasteiger partial charge on any atom is 0.519 e. The van der Waals surface area contributed by atoms with Crippen molar-refractivity contribution in [2.75, 3.05) is 26.4 Å². The van der Waals surface area contributed by atoms with Gasteiger partial charge >= 0.3 is 24.5 Å². The van der Waals surface area contributed by atoms with Crippen LogP contribution in [0.1, 0.15) is 121 Å². The number of cyclic esters (lactones) is 2. The average Bonchev–Trinajstić information content (AvgIpc) is 2.63. The van der Waals surface area contributed by atoms with E-state index in [9.17, 15) is 38.9 Å². The number of oxime groups is 1. The molecular weight excluding hydrogens is 1130 g/mol. The minimum atomic E-state index is -1.06. The van der Waals surface area contributed by atoms with Crippen LogP contribution in [-0.2, 0) is 64.2 Å². The lowest BCUT2D eigenvalue weighted by atomic mass is 9.89. The maximum atomic E-state index is 13.4. The highest BCUT2D eigenvalue weighted by molar-refractivity contribution is 5.99. The van der Waals surface area contributed by atoms with Crippen LogP contribution in [0.3, 0.4) is 0 Å². The van der Waals surface area contributed by atoms with Crippen LogP contribution in [0.4, 0.5) is 19.2 Å². The van der Waals surface area contributed by atoms with Crippen LogP contribution in [0.2, 0.25) is 0 Å². The average molecular weight is 1210 g/mol. The van der Waals surface area contributed by atoms with Gasteiger partial charge in [-0.25, -0.2) is 29.0 Å². The highest BCUT2D eigenvalue weighted by Gasteiger charge is 2.41. The smallest absolute Gasteiger partial charge is 0.489 e. The predicted molar refractivity (Wildman–Crippen MR) is 330 cm³/mol. The summed E-state index contributed by atoms with van der Waals surface area (Å²) in [6.45, 7) is 11.3. The van der Waals surface area contributed by atoms with Gasteiger partial charge in [0.25, 0.3) is 0 Å². The molecule has 0 saturated carbocycles. The number of carbonyl (C=O) groups is 6. The zero-order chi connectivity index (χ0) is 61.6. The molecule has 6 aromatic carbocycles. The van der Waals surface area contributed by atoms with E-state index in [1.165, 1.54) is 4.90 Å². The first kappa shape index (κ1) is 69.2. The van der Waals surface area contributed by atoms with Gasteiger partial charge in [-0.1, -0.05) is 166 Å². The highest BCUT2D eigenvalue weighted by Crippen LogP contribution is 2.31. The molecule has 0 unspecified atom stereocenters. The number of imide groups is 2. The molecule has 9 rings (SSSR count). The van der Waals surface area contributed by atoms with E-state index < -0.39 is 65.0 Å². The van der Waals surface area contributed by atoms with Gasteiger partial charge in [-0.05, 0) is 112 Å². The van der Waals surface area contributed by atoms with Crippen LogP contribution >= 0.6 is 0 Å². The quantitative estimate of drug-likeness (QED) is 0.0241. The van der Waals surface area contributed by atoms with Crippen molar-refractivity contribution in [2.45, 2.75) is 137 Å². The third-order valence-corrected chi connectivity index (χ3v) is 13.4. The van der Waals surface area contributed by atoms with E-state index in [2.05, 4.69) is 9.89 Å². The normalized spacial score (nSPS) is 15.6. The van der Waals surface area contributed by atoms with Crippen molar-refractivity contribution >= 4 is 42.0 Å². The van der Waals surface area contributed by atoms with Crippen LogP contribution in [-0.4, -0.2) is 106 Å². The molecule has 0 bridgehead atoms. The maximum absolute atomic E-state index is 13.4. The molecule has 3 aliphatic heterocycles. The Morgan fingerprint density at radius 3 is 1.33 bits per heavy atom. The molecule has 0 spiro atoms. The van der Waals surface area contributed by atoms with Gasteiger partial charge in [-0.3, -0.25) is 19.7 Å². The van der Waals surface area contributed by atoms with Crippen molar-refractivity contribution in [2.24, 2.45) is 5.16 Å². The minimum Gasteiger partial charge on any atom is -0.489 e. The van der Waals surface area contributed by atoms with Gasteiger partial charge in [-0.15, -0.1) is 0 Å². The van der Waals surface area contributed by atoms with Crippen LogP contribution < -0.4 is 9.47 Å². The van der Waals surface area contributed by atoms with Gasteiger partial charge in [-0.2, -0.15) is 0 Å². The summed E-state index contributed by atoms with van der Waals surface area (Å²) in [5.74, 6) is -0.384. The summed E-state index contributed by atoms with van der Waals surface area (Å²) in [6.07, 6.45) is -1.82. The molecule has 0 radical (unpaired) electrons. The molecule has 468 valence electrons. The molecule has 6 aromatic rings. The number of hydrogen-bond acceptors (Lipinski definition) is 17. The monoisotopic (exact) mass is 1210 g/mol. The van der Waals surface area contributed by atoms with Crippen molar-refractivity contribution in [3.63, 3.8) is 0 Å². The first-order valence-electron chi connectivity index (χ1n) is 28.2. The van der Waals surface area contributed by atoms with Gasteiger partial charge in [0.05, 0.1) is 23.7 Å². The first-order valence-corrected chi connectivity index (χ1v) is 28.2. The SMILES string of the molecule is C.C.CC(C)(C)OC(=O)OC(=O)OC(C)(C)C.O=C(C[C@H](C1=NOCC1)c1ccc(OCc2ccccc2)cc1)N1C(=O)OC[C@@H]1Cc1ccccc1.O=C(C[C@H](C[N+](=O)[O-])c1ccc(OCc2ccccc2)cc1)N1C(=O)OC[C@@H]1Cc1ccccc1. The number of carbonyl (C=O) groups excluding carboxylic acids is 6. The second kappa shape index (κ2) is 33.4. The Morgan fingerprint density at radius 1 is 0.568 bits per heavy atom. The van der Waals surface area contributed by atoms with Crippen LogP contribution in [0, 0.1) is 10.1 Å². The molecule has 4 amide bonds. The van der Waals surface area contributed by atoms with Crippen molar-refractivity contribution in [3.8, 4) is 11.5 Å². The molecule has 3 heterocycles. The van der Waals surface area contributed by atoms with Crippen molar-refractivity contribution in [1.29, 1.82) is 0 Å². The summed E-state index contributed by atoms with van der Waals surface area (Å²) in [4.78, 5) is 91.9. The van der Waals surface area contributed by atoms with Gasteiger partial charge in [0, 0.05) is 30.1 Å². The summed E-state index contributed by atoms with van der Waals surface area (Å²) in [6, 6.07) is 52.8. The van der Waals surface area contributed by atoms with Crippen LogP contribution in [0.15, 0.2) is 175 Å². The Hall–Kier alpha value is -9.59. The fourth-order valence-electron chi connectivity index (χ4n) is 9.37.